The van der Waals surface area contributed by atoms with Crippen molar-refractivity contribution in [2.24, 2.45) is 0 Å². The van der Waals surface area contributed by atoms with Crippen molar-refractivity contribution in [2.75, 3.05) is 7.11 Å². The Morgan fingerprint density at radius 1 is 1.05 bits per heavy atom. The van der Waals surface area contributed by atoms with Crippen LogP contribution in [-0.2, 0) is 4.79 Å². The fraction of sp³-hybridized carbons (Fsp3) is 0.278. The van der Waals surface area contributed by atoms with Gasteiger partial charge in [-0.3, -0.25) is 4.79 Å². The van der Waals surface area contributed by atoms with Crippen LogP contribution in [0.5, 0.6) is 11.5 Å². The molecule has 2 rings (SSSR count). The number of benzene rings is 2. The molecule has 0 saturated carbocycles. The molecule has 0 unspecified atom stereocenters. The quantitative estimate of drug-likeness (QED) is 0.616. The third kappa shape index (κ3) is 3.63. The molecule has 3 heteroatoms. The number of carbonyl (C=O) groups is 1. The molecular weight excluding hydrogens is 264 g/mol. The summed E-state index contributed by atoms with van der Waals surface area (Å²) < 4.78 is 10.5. The lowest BCUT2D eigenvalue weighted by molar-refractivity contribution is -0.131. The van der Waals surface area contributed by atoms with E-state index < -0.39 is 0 Å². The molecule has 0 spiro atoms. The number of ether oxygens (including phenoxy) is 2. The molecule has 0 radical (unpaired) electrons. The van der Waals surface area contributed by atoms with Crippen LogP contribution in [0.3, 0.4) is 0 Å². The van der Waals surface area contributed by atoms with Crippen molar-refractivity contribution in [1.29, 1.82) is 0 Å². The number of methoxy groups -OCH3 is 1. The van der Waals surface area contributed by atoms with E-state index in [-0.39, 0.29) is 5.97 Å². The van der Waals surface area contributed by atoms with Gasteiger partial charge in [-0.2, -0.15) is 0 Å². The monoisotopic (exact) mass is 284 g/mol. The maximum atomic E-state index is 10.9. The molecule has 0 fully saturated rings. The Morgan fingerprint density at radius 3 is 2.24 bits per heavy atom. The maximum Gasteiger partial charge on any atom is 0.308 e. The van der Waals surface area contributed by atoms with Crippen LogP contribution >= 0.6 is 0 Å². The average Bonchev–Trinajstić information content (AvgIpc) is 2.46. The van der Waals surface area contributed by atoms with Crippen molar-refractivity contribution >= 4 is 5.97 Å². The Kier molecular flexibility index (Phi) is 4.63. The topological polar surface area (TPSA) is 35.5 Å². The largest absolute Gasteiger partial charge is 0.496 e. The first-order valence-electron chi connectivity index (χ1n) is 6.98. The van der Waals surface area contributed by atoms with E-state index in [0.717, 1.165) is 16.9 Å². The lowest BCUT2D eigenvalue weighted by Gasteiger charge is -2.13. The Labute approximate surface area is 125 Å². The number of rotatable bonds is 4. The van der Waals surface area contributed by atoms with Gasteiger partial charge in [0.15, 0.2) is 0 Å². The first kappa shape index (κ1) is 15.1. The Bertz CT molecular complexity index is 627. The van der Waals surface area contributed by atoms with Gasteiger partial charge in [-0.1, -0.05) is 32.0 Å². The predicted molar refractivity (Wildman–Crippen MR) is 83.8 cm³/mol. The van der Waals surface area contributed by atoms with E-state index in [1.165, 1.54) is 12.5 Å². The summed E-state index contributed by atoms with van der Waals surface area (Å²) in [5, 5.41) is 0. The number of esters is 1. The minimum atomic E-state index is -0.317. The second-order valence-corrected chi connectivity index (χ2v) is 5.23. The van der Waals surface area contributed by atoms with Crippen molar-refractivity contribution in [3.8, 4) is 22.6 Å². The second kappa shape index (κ2) is 6.44. The summed E-state index contributed by atoms with van der Waals surface area (Å²) in [6.45, 7) is 5.72. The zero-order valence-corrected chi connectivity index (χ0v) is 12.8. The zero-order valence-electron chi connectivity index (χ0n) is 12.8. The van der Waals surface area contributed by atoms with Crippen LogP contribution in [0.4, 0.5) is 0 Å². The van der Waals surface area contributed by atoms with E-state index >= 15 is 0 Å². The van der Waals surface area contributed by atoms with Gasteiger partial charge in [0.2, 0.25) is 0 Å². The minimum Gasteiger partial charge on any atom is -0.496 e. The van der Waals surface area contributed by atoms with Gasteiger partial charge < -0.3 is 9.47 Å². The fourth-order valence-electron chi connectivity index (χ4n) is 2.18. The van der Waals surface area contributed by atoms with Crippen molar-refractivity contribution < 1.29 is 14.3 Å². The first-order valence-corrected chi connectivity index (χ1v) is 6.98. The molecule has 0 atom stereocenters. The van der Waals surface area contributed by atoms with Crippen molar-refractivity contribution in [3.05, 3.63) is 48.0 Å². The van der Waals surface area contributed by atoms with Gasteiger partial charge >= 0.3 is 5.97 Å². The molecule has 0 aromatic heterocycles. The lowest BCUT2D eigenvalue weighted by atomic mass is 9.96. The van der Waals surface area contributed by atoms with Crippen molar-refractivity contribution in [3.63, 3.8) is 0 Å². The van der Waals surface area contributed by atoms with E-state index in [1.54, 1.807) is 19.2 Å². The molecule has 0 aliphatic heterocycles. The van der Waals surface area contributed by atoms with Crippen LogP contribution in [0.25, 0.3) is 11.1 Å². The molecule has 3 nitrogen and oxygen atoms in total. The molecule has 21 heavy (non-hydrogen) atoms. The average molecular weight is 284 g/mol. The third-order valence-corrected chi connectivity index (χ3v) is 3.32. The summed E-state index contributed by atoms with van der Waals surface area (Å²) in [4.78, 5) is 10.9. The van der Waals surface area contributed by atoms with Gasteiger partial charge in [0.05, 0.1) is 7.11 Å². The summed E-state index contributed by atoms with van der Waals surface area (Å²) in [5.74, 6) is 1.52. The van der Waals surface area contributed by atoms with E-state index in [2.05, 4.69) is 26.0 Å². The van der Waals surface area contributed by atoms with Crippen LogP contribution in [0.15, 0.2) is 42.5 Å². The van der Waals surface area contributed by atoms with Gasteiger partial charge in [0.25, 0.3) is 0 Å². The smallest absolute Gasteiger partial charge is 0.308 e. The van der Waals surface area contributed by atoms with Crippen molar-refractivity contribution in [2.45, 2.75) is 26.7 Å². The molecule has 0 aliphatic carbocycles. The predicted octanol–water partition coefficient (Wildman–Crippen LogP) is 4.41. The van der Waals surface area contributed by atoms with E-state index in [0.29, 0.717) is 11.7 Å². The van der Waals surface area contributed by atoms with Crippen LogP contribution in [-0.4, -0.2) is 13.1 Å². The highest BCUT2D eigenvalue weighted by molar-refractivity contribution is 5.73. The molecule has 2 aromatic carbocycles. The highest BCUT2D eigenvalue weighted by Crippen LogP contribution is 2.33. The van der Waals surface area contributed by atoms with Crippen LogP contribution in [0.1, 0.15) is 32.3 Å². The van der Waals surface area contributed by atoms with Gasteiger partial charge in [-0.05, 0) is 41.3 Å². The van der Waals surface area contributed by atoms with Crippen LogP contribution < -0.4 is 9.47 Å². The summed E-state index contributed by atoms with van der Waals surface area (Å²) in [7, 11) is 1.67. The van der Waals surface area contributed by atoms with Gasteiger partial charge in [0, 0.05) is 12.5 Å². The summed E-state index contributed by atoms with van der Waals surface area (Å²) in [6.07, 6.45) is 0. The van der Waals surface area contributed by atoms with Crippen LogP contribution in [0, 0.1) is 0 Å². The summed E-state index contributed by atoms with van der Waals surface area (Å²) in [6, 6.07) is 13.7. The maximum absolute atomic E-state index is 10.9. The Hall–Kier alpha value is -2.29. The Morgan fingerprint density at radius 2 is 1.71 bits per heavy atom. The van der Waals surface area contributed by atoms with Gasteiger partial charge in [0.1, 0.15) is 11.5 Å². The summed E-state index contributed by atoms with van der Waals surface area (Å²) in [5.41, 5.74) is 3.33. The van der Waals surface area contributed by atoms with Crippen molar-refractivity contribution in [1.82, 2.24) is 0 Å². The van der Waals surface area contributed by atoms with E-state index in [9.17, 15) is 4.79 Å². The SMILES string of the molecule is COc1ccc(C(C)C)cc1-c1ccc(OC(C)=O)cc1. The molecule has 0 saturated heterocycles. The zero-order chi connectivity index (χ0) is 15.4. The van der Waals surface area contributed by atoms with Crippen LogP contribution in [0.2, 0.25) is 0 Å². The lowest BCUT2D eigenvalue weighted by Crippen LogP contribution is -2.00. The normalized spacial score (nSPS) is 10.5. The number of hydrogen-bond donors (Lipinski definition) is 0. The standard InChI is InChI=1S/C18H20O3/c1-12(2)15-7-10-18(20-4)17(11-15)14-5-8-16(9-6-14)21-13(3)19/h5-12H,1-4H3. The molecule has 0 bridgehead atoms. The van der Waals surface area contributed by atoms with Gasteiger partial charge in [-0.15, -0.1) is 0 Å². The molecule has 2 aromatic rings. The molecule has 0 heterocycles. The van der Waals surface area contributed by atoms with E-state index in [1.807, 2.05) is 18.2 Å². The highest BCUT2D eigenvalue weighted by Gasteiger charge is 2.09. The molecule has 0 amide bonds. The minimum absolute atomic E-state index is 0.317. The molecular formula is C18H20O3. The highest BCUT2D eigenvalue weighted by atomic mass is 16.5. The third-order valence-electron chi connectivity index (χ3n) is 3.32. The van der Waals surface area contributed by atoms with E-state index in [4.69, 9.17) is 9.47 Å². The number of hydrogen-bond acceptors (Lipinski definition) is 3. The molecule has 0 aliphatic rings. The summed E-state index contributed by atoms with van der Waals surface area (Å²) >= 11 is 0. The fourth-order valence-corrected chi connectivity index (χ4v) is 2.18. The number of carbonyl (C=O) groups excluding carboxylic acids is 1. The second-order valence-electron chi connectivity index (χ2n) is 5.23. The first-order chi connectivity index (χ1) is 10.0. The Balaban J connectivity index is 2.40. The molecule has 0 N–H and O–H groups in total. The van der Waals surface area contributed by atoms with Gasteiger partial charge in [-0.25, -0.2) is 0 Å². The molecule has 110 valence electrons.